The van der Waals surface area contributed by atoms with Gasteiger partial charge in [-0.1, -0.05) is 6.07 Å². The van der Waals surface area contributed by atoms with Crippen molar-refractivity contribution in [2.75, 3.05) is 0 Å². The molecule has 1 aromatic carbocycles. The fourth-order valence-corrected chi connectivity index (χ4v) is 1.74. The van der Waals surface area contributed by atoms with E-state index in [2.05, 4.69) is 43.3 Å². The van der Waals surface area contributed by atoms with Gasteiger partial charge in [-0.25, -0.2) is 4.98 Å². The predicted molar refractivity (Wildman–Crippen MR) is 55.6 cm³/mol. The first-order valence-electron chi connectivity index (χ1n) is 3.66. The van der Waals surface area contributed by atoms with Crippen LogP contribution in [0.5, 0.6) is 0 Å². The van der Waals surface area contributed by atoms with E-state index < -0.39 is 0 Å². The average molecular weight is 177 g/mol. The van der Waals surface area contributed by atoms with Crippen molar-refractivity contribution in [3.63, 3.8) is 0 Å². The SMILES string of the molecule is C=C.Cc1ccc2ncsc2c1. The third-order valence-corrected chi connectivity index (χ3v) is 2.28. The van der Waals surface area contributed by atoms with Crippen LogP contribution in [0.25, 0.3) is 10.2 Å². The van der Waals surface area contributed by atoms with Crippen LogP contribution in [0.3, 0.4) is 0 Å². The van der Waals surface area contributed by atoms with E-state index in [9.17, 15) is 0 Å². The Balaban J connectivity index is 0.000000336. The topological polar surface area (TPSA) is 12.9 Å². The minimum atomic E-state index is 1.11. The number of aromatic nitrogens is 1. The second-order valence-corrected chi connectivity index (χ2v) is 3.21. The van der Waals surface area contributed by atoms with Gasteiger partial charge in [0.25, 0.3) is 0 Å². The van der Waals surface area contributed by atoms with E-state index in [1.54, 1.807) is 11.3 Å². The fourth-order valence-electron chi connectivity index (χ4n) is 0.962. The van der Waals surface area contributed by atoms with Crippen molar-refractivity contribution < 1.29 is 0 Å². The summed E-state index contributed by atoms with van der Waals surface area (Å²) in [5.41, 5.74) is 4.29. The maximum atomic E-state index is 4.18. The molecule has 0 aliphatic rings. The number of hydrogen-bond donors (Lipinski definition) is 0. The van der Waals surface area contributed by atoms with E-state index >= 15 is 0 Å². The molecule has 0 aliphatic heterocycles. The highest BCUT2D eigenvalue weighted by atomic mass is 32.1. The lowest BCUT2D eigenvalue weighted by Crippen LogP contribution is -1.69. The summed E-state index contributed by atoms with van der Waals surface area (Å²) in [6, 6.07) is 6.30. The summed E-state index contributed by atoms with van der Waals surface area (Å²) >= 11 is 1.69. The average Bonchev–Trinajstić information content (AvgIpc) is 2.54. The van der Waals surface area contributed by atoms with Gasteiger partial charge in [0.2, 0.25) is 0 Å². The first-order chi connectivity index (χ1) is 5.86. The summed E-state index contributed by atoms with van der Waals surface area (Å²) < 4.78 is 1.28. The molecule has 1 heterocycles. The smallest absolute Gasteiger partial charge is 0.0812 e. The molecule has 0 unspecified atom stereocenters. The van der Waals surface area contributed by atoms with Gasteiger partial charge in [-0.3, -0.25) is 0 Å². The molecule has 0 bridgehead atoms. The van der Waals surface area contributed by atoms with Crippen LogP contribution < -0.4 is 0 Å². The van der Waals surface area contributed by atoms with Gasteiger partial charge < -0.3 is 0 Å². The molecule has 1 nitrogen and oxygen atoms in total. The van der Waals surface area contributed by atoms with Crippen molar-refractivity contribution in [2.45, 2.75) is 6.92 Å². The second-order valence-electron chi connectivity index (χ2n) is 2.32. The van der Waals surface area contributed by atoms with Crippen molar-refractivity contribution in [1.29, 1.82) is 0 Å². The Labute approximate surface area is 76.4 Å². The Bertz CT molecular complexity index is 365. The van der Waals surface area contributed by atoms with Crippen molar-refractivity contribution >= 4 is 21.6 Å². The molecule has 0 radical (unpaired) electrons. The molecule has 0 atom stereocenters. The summed E-state index contributed by atoms with van der Waals surface area (Å²) in [4.78, 5) is 4.18. The molecule has 0 amide bonds. The minimum absolute atomic E-state index is 1.11. The molecule has 2 heteroatoms. The number of thiazole rings is 1. The number of benzene rings is 1. The highest BCUT2D eigenvalue weighted by Crippen LogP contribution is 2.17. The summed E-state index contributed by atoms with van der Waals surface area (Å²) in [5, 5.41) is 0. The highest BCUT2D eigenvalue weighted by Gasteiger charge is 1.93. The molecule has 0 saturated heterocycles. The Kier molecular flexibility index (Phi) is 3.00. The van der Waals surface area contributed by atoms with Gasteiger partial charge in [0.05, 0.1) is 15.7 Å². The Morgan fingerprint density at radius 3 is 2.83 bits per heavy atom. The van der Waals surface area contributed by atoms with Gasteiger partial charge in [-0.05, 0) is 24.6 Å². The van der Waals surface area contributed by atoms with Gasteiger partial charge in [0.15, 0.2) is 0 Å². The highest BCUT2D eigenvalue weighted by molar-refractivity contribution is 7.16. The van der Waals surface area contributed by atoms with E-state index in [4.69, 9.17) is 0 Å². The molecule has 62 valence electrons. The second kappa shape index (κ2) is 4.02. The first-order valence-corrected chi connectivity index (χ1v) is 4.54. The lowest BCUT2D eigenvalue weighted by atomic mass is 10.2. The van der Waals surface area contributed by atoms with Crippen LogP contribution in [-0.2, 0) is 0 Å². The molecular formula is C10H11NS. The van der Waals surface area contributed by atoms with Gasteiger partial charge >= 0.3 is 0 Å². The molecule has 1 aromatic heterocycles. The summed E-state index contributed by atoms with van der Waals surface area (Å²) in [7, 11) is 0. The Hall–Kier alpha value is -1.15. The molecule has 2 rings (SSSR count). The summed E-state index contributed by atoms with van der Waals surface area (Å²) in [6.07, 6.45) is 0. The third-order valence-electron chi connectivity index (χ3n) is 1.49. The lowest BCUT2D eigenvalue weighted by Gasteiger charge is -1.88. The largest absolute Gasteiger partial charge is 0.245 e. The van der Waals surface area contributed by atoms with Gasteiger partial charge in [0.1, 0.15) is 0 Å². The predicted octanol–water partition coefficient (Wildman–Crippen LogP) is 3.41. The zero-order valence-electron chi connectivity index (χ0n) is 7.08. The van der Waals surface area contributed by atoms with E-state index in [0.717, 1.165) is 5.52 Å². The van der Waals surface area contributed by atoms with Crippen LogP contribution in [0.2, 0.25) is 0 Å². The maximum Gasteiger partial charge on any atom is 0.0812 e. The van der Waals surface area contributed by atoms with Crippen molar-refractivity contribution in [1.82, 2.24) is 4.98 Å². The number of fused-ring (bicyclic) bond motifs is 1. The zero-order chi connectivity index (χ0) is 8.97. The summed E-state index contributed by atoms with van der Waals surface area (Å²) in [6.45, 7) is 8.10. The van der Waals surface area contributed by atoms with Crippen LogP contribution >= 0.6 is 11.3 Å². The van der Waals surface area contributed by atoms with E-state index in [1.807, 2.05) is 5.51 Å². The lowest BCUT2D eigenvalue weighted by molar-refractivity contribution is 1.46. The Morgan fingerprint density at radius 2 is 2.08 bits per heavy atom. The zero-order valence-corrected chi connectivity index (χ0v) is 7.90. The van der Waals surface area contributed by atoms with Crippen LogP contribution in [0, 0.1) is 6.92 Å². The molecule has 0 saturated carbocycles. The van der Waals surface area contributed by atoms with Gasteiger partial charge in [-0.2, -0.15) is 0 Å². The molecule has 12 heavy (non-hydrogen) atoms. The van der Waals surface area contributed by atoms with E-state index in [1.165, 1.54) is 10.3 Å². The normalized spacial score (nSPS) is 9.08. The van der Waals surface area contributed by atoms with Crippen molar-refractivity contribution in [3.05, 3.63) is 42.4 Å². The molecule has 0 N–H and O–H groups in total. The molecule has 2 aromatic rings. The number of hydrogen-bond acceptors (Lipinski definition) is 2. The van der Waals surface area contributed by atoms with E-state index in [0.29, 0.717) is 0 Å². The number of rotatable bonds is 0. The third kappa shape index (κ3) is 1.71. The number of nitrogens with zero attached hydrogens (tertiary/aromatic N) is 1. The van der Waals surface area contributed by atoms with Crippen molar-refractivity contribution in [2.24, 2.45) is 0 Å². The van der Waals surface area contributed by atoms with Crippen LogP contribution in [0.1, 0.15) is 5.56 Å². The quantitative estimate of drug-likeness (QED) is 0.562. The van der Waals surface area contributed by atoms with Crippen LogP contribution in [0.15, 0.2) is 36.9 Å². The monoisotopic (exact) mass is 177 g/mol. The van der Waals surface area contributed by atoms with Gasteiger partial charge in [0, 0.05) is 0 Å². The maximum absolute atomic E-state index is 4.18. The first kappa shape index (κ1) is 8.94. The van der Waals surface area contributed by atoms with E-state index in [-0.39, 0.29) is 0 Å². The van der Waals surface area contributed by atoms with Crippen LogP contribution in [0.4, 0.5) is 0 Å². The van der Waals surface area contributed by atoms with Crippen molar-refractivity contribution in [3.8, 4) is 0 Å². The summed E-state index contributed by atoms with van der Waals surface area (Å²) in [5.74, 6) is 0. The minimum Gasteiger partial charge on any atom is -0.245 e. The number of aryl methyl sites for hydroxylation is 1. The Morgan fingerprint density at radius 1 is 1.33 bits per heavy atom. The fraction of sp³-hybridized carbons (Fsp3) is 0.100. The molecule has 0 aliphatic carbocycles. The molecular weight excluding hydrogens is 166 g/mol. The standard InChI is InChI=1S/C8H7NS.C2H4/c1-6-2-3-7-8(4-6)10-5-9-7;1-2/h2-5H,1H3;1-2H2. The van der Waals surface area contributed by atoms with Gasteiger partial charge in [-0.15, -0.1) is 24.5 Å². The van der Waals surface area contributed by atoms with Crippen LogP contribution in [-0.4, -0.2) is 4.98 Å². The molecule has 0 spiro atoms. The molecule has 0 fully saturated rings.